The molecule has 40 heavy (non-hydrogen) atoms. The molecule has 0 saturated heterocycles. The van der Waals surface area contributed by atoms with E-state index in [4.69, 9.17) is 0 Å². The first-order chi connectivity index (χ1) is 19.0. The molecule has 220 valence electrons. The maximum atomic E-state index is 10.5. The van der Waals surface area contributed by atoms with E-state index in [1.807, 2.05) is 37.3 Å². The Morgan fingerprint density at radius 1 is 0.450 bits per heavy atom. The summed E-state index contributed by atoms with van der Waals surface area (Å²) in [6, 6.07) is 32.6. The Morgan fingerprint density at radius 3 is 1.00 bits per heavy atom. The molecule has 0 bridgehead atoms. The van der Waals surface area contributed by atoms with Crippen LogP contribution >= 0.6 is 0 Å². The molecule has 3 aromatic rings. The van der Waals surface area contributed by atoms with Crippen molar-refractivity contribution >= 4 is 0 Å². The average Bonchev–Trinajstić information content (AvgIpc) is 2.96. The molecule has 1 heteroatoms. The standard InChI is InChI=1S/C26H38.C13H20O/c1-7-25(19-21(3)4,23-15-11-9-12-16-23)26(8-2,20-22(5)6)24-17-13-10-14-18-24;1-4-13(14,10-11(2)3)12-8-6-5-7-9-12/h9-18,21-22H,7-8,19-20H2,1-6H3;5-9,11,14H,4,10H2,1-3H3. The molecule has 3 rings (SSSR count). The molecule has 3 aromatic carbocycles. The Morgan fingerprint density at radius 2 is 0.750 bits per heavy atom. The summed E-state index contributed by atoms with van der Waals surface area (Å²) < 4.78 is 0. The normalized spacial score (nSPS) is 16.1. The largest absolute Gasteiger partial charge is 0.385 e. The highest BCUT2D eigenvalue weighted by Gasteiger charge is 2.51. The van der Waals surface area contributed by atoms with Gasteiger partial charge in [-0.3, -0.25) is 0 Å². The van der Waals surface area contributed by atoms with Gasteiger partial charge in [0.05, 0.1) is 5.60 Å². The Balaban J connectivity index is 0.000000337. The average molecular weight is 543 g/mol. The molecule has 0 amide bonds. The molecular weight excluding hydrogens is 484 g/mol. The van der Waals surface area contributed by atoms with Gasteiger partial charge in [-0.05, 0) is 73.0 Å². The molecule has 0 aliphatic carbocycles. The predicted molar refractivity (Wildman–Crippen MR) is 176 cm³/mol. The fourth-order valence-electron chi connectivity index (χ4n) is 7.35. The lowest BCUT2D eigenvalue weighted by Crippen LogP contribution is -2.50. The van der Waals surface area contributed by atoms with Gasteiger partial charge in [0.2, 0.25) is 0 Å². The maximum absolute atomic E-state index is 10.5. The van der Waals surface area contributed by atoms with Gasteiger partial charge in [0, 0.05) is 10.8 Å². The molecule has 0 spiro atoms. The van der Waals surface area contributed by atoms with Crippen molar-refractivity contribution in [3.63, 3.8) is 0 Å². The lowest BCUT2D eigenvalue weighted by Gasteiger charge is -2.53. The second-order valence-corrected chi connectivity index (χ2v) is 13.1. The molecular formula is C39H58O. The zero-order valence-electron chi connectivity index (χ0n) is 27.1. The van der Waals surface area contributed by atoms with Crippen molar-refractivity contribution in [2.24, 2.45) is 17.8 Å². The molecule has 0 saturated carbocycles. The third-order valence-electron chi connectivity index (χ3n) is 8.93. The van der Waals surface area contributed by atoms with E-state index < -0.39 is 5.60 Å². The number of benzene rings is 3. The van der Waals surface area contributed by atoms with E-state index in [0.717, 1.165) is 18.4 Å². The van der Waals surface area contributed by atoms with Crippen molar-refractivity contribution in [1.29, 1.82) is 0 Å². The molecule has 0 aliphatic heterocycles. The summed E-state index contributed by atoms with van der Waals surface area (Å²) in [6.07, 6.45) is 6.39. The lowest BCUT2D eigenvalue weighted by atomic mass is 9.50. The summed E-state index contributed by atoms with van der Waals surface area (Å²) in [7, 11) is 0. The summed E-state index contributed by atoms with van der Waals surface area (Å²) in [5.41, 5.74) is 3.74. The van der Waals surface area contributed by atoms with Crippen LogP contribution in [0.4, 0.5) is 0 Å². The van der Waals surface area contributed by atoms with E-state index in [1.165, 1.54) is 36.8 Å². The molecule has 0 aliphatic rings. The predicted octanol–water partition coefficient (Wildman–Crippen LogP) is 11.1. The van der Waals surface area contributed by atoms with E-state index in [-0.39, 0.29) is 10.8 Å². The number of rotatable bonds is 13. The van der Waals surface area contributed by atoms with Gasteiger partial charge in [0.15, 0.2) is 0 Å². The van der Waals surface area contributed by atoms with Crippen LogP contribution in [0.2, 0.25) is 0 Å². The first-order valence-electron chi connectivity index (χ1n) is 15.9. The van der Waals surface area contributed by atoms with Crippen LogP contribution in [0.3, 0.4) is 0 Å². The van der Waals surface area contributed by atoms with Crippen molar-refractivity contribution in [2.45, 2.75) is 117 Å². The summed E-state index contributed by atoms with van der Waals surface area (Å²) in [6.45, 7) is 20.7. The number of hydrogen-bond acceptors (Lipinski definition) is 1. The highest BCUT2D eigenvalue weighted by molar-refractivity contribution is 5.39. The minimum absolute atomic E-state index is 0.156. The smallest absolute Gasteiger partial charge is 0.0896 e. The minimum Gasteiger partial charge on any atom is -0.385 e. The second-order valence-electron chi connectivity index (χ2n) is 13.1. The van der Waals surface area contributed by atoms with Crippen molar-refractivity contribution < 1.29 is 5.11 Å². The van der Waals surface area contributed by atoms with Gasteiger partial charge in [0.25, 0.3) is 0 Å². The van der Waals surface area contributed by atoms with E-state index >= 15 is 0 Å². The topological polar surface area (TPSA) is 20.2 Å². The highest BCUT2D eigenvalue weighted by atomic mass is 16.3. The van der Waals surface area contributed by atoms with Crippen molar-refractivity contribution in [3.8, 4) is 0 Å². The van der Waals surface area contributed by atoms with Crippen LogP contribution in [0.1, 0.15) is 118 Å². The fraction of sp³-hybridized carbons (Fsp3) is 0.538. The van der Waals surface area contributed by atoms with E-state index in [0.29, 0.717) is 17.8 Å². The van der Waals surface area contributed by atoms with Gasteiger partial charge in [-0.25, -0.2) is 0 Å². The summed E-state index contributed by atoms with van der Waals surface area (Å²) in [5, 5.41) is 10.5. The Bertz CT molecular complexity index is 1010. The van der Waals surface area contributed by atoms with Crippen LogP contribution in [0.15, 0.2) is 91.0 Å². The lowest BCUT2D eigenvalue weighted by molar-refractivity contribution is 0.0113. The van der Waals surface area contributed by atoms with E-state index in [9.17, 15) is 5.11 Å². The van der Waals surface area contributed by atoms with Gasteiger partial charge >= 0.3 is 0 Å². The zero-order chi connectivity index (χ0) is 29.8. The maximum Gasteiger partial charge on any atom is 0.0896 e. The van der Waals surface area contributed by atoms with Crippen molar-refractivity contribution in [3.05, 3.63) is 108 Å². The molecule has 0 heterocycles. The Kier molecular flexibility index (Phi) is 13.2. The summed E-state index contributed by atoms with van der Waals surface area (Å²) in [4.78, 5) is 0. The molecule has 0 radical (unpaired) electrons. The molecule has 0 aromatic heterocycles. The minimum atomic E-state index is -0.643. The molecule has 3 atom stereocenters. The SMILES string of the molecule is CCC(CC(C)C)(c1ccccc1)C(CC)(CC(C)C)c1ccccc1.CCC(O)(CC(C)C)c1ccccc1. The van der Waals surface area contributed by atoms with E-state index in [1.54, 1.807) is 0 Å². The van der Waals surface area contributed by atoms with Crippen LogP contribution < -0.4 is 0 Å². The fourth-order valence-corrected chi connectivity index (χ4v) is 7.35. The molecule has 0 fully saturated rings. The molecule has 3 unspecified atom stereocenters. The van der Waals surface area contributed by atoms with E-state index in [2.05, 4.69) is 116 Å². The van der Waals surface area contributed by atoms with Crippen LogP contribution in [-0.2, 0) is 16.4 Å². The monoisotopic (exact) mass is 542 g/mol. The van der Waals surface area contributed by atoms with Gasteiger partial charge in [-0.2, -0.15) is 0 Å². The molecule has 1 nitrogen and oxygen atoms in total. The van der Waals surface area contributed by atoms with Crippen LogP contribution in [0, 0.1) is 17.8 Å². The van der Waals surface area contributed by atoms with Crippen LogP contribution in [0.5, 0.6) is 0 Å². The summed E-state index contributed by atoms with van der Waals surface area (Å²) >= 11 is 0. The quantitative estimate of drug-likeness (QED) is 0.228. The van der Waals surface area contributed by atoms with Gasteiger partial charge in [0.1, 0.15) is 0 Å². The van der Waals surface area contributed by atoms with Gasteiger partial charge in [-0.15, -0.1) is 0 Å². The first kappa shape index (κ1) is 33.8. The van der Waals surface area contributed by atoms with Crippen LogP contribution in [-0.4, -0.2) is 5.11 Å². The third kappa shape index (κ3) is 8.10. The highest BCUT2D eigenvalue weighted by Crippen LogP contribution is 2.55. The van der Waals surface area contributed by atoms with Gasteiger partial charge in [-0.1, -0.05) is 153 Å². The number of hydrogen-bond donors (Lipinski definition) is 1. The second kappa shape index (κ2) is 15.6. The number of aliphatic hydroxyl groups is 1. The first-order valence-corrected chi connectivity index (χ1v) is 15.9. The van der Waals surface area contributed by atoms with Crippen molar-refractivity contribution in [2.75, 3.05) is 0 Å². The third-order valence-corrected chi connectivity index (χ3v) is 8.93. The van der Waals surface area contributed by atoms with Crippen LogP contribution in [0.25, 0.3) is 0 Å². The Labute approximate surface area is 247 Å². The van der Waals surface area contributed by atoms with Gasteiger partial charge < -0.3 is 5.11 Å². The molecule has 1 N–H and O–H groups in total. The summed E-state index contributed by atoms with van der Waals surface area (Å²) in [5.74, 6) is 1.84. The zero-order valence-corrected chi connectivity index (χ0v) is 27.1. The van der Waals surface area contributed by atoms with Crippen molar-refractivity contribution in [1.82, 2.24) is 0 Å². The Hall–Kier alpha value is -2.38.